The van der Waals surface area contributed by atoms with Gasteiger partial charge in [0, 0.05) is 10.7 Å². The Balaban J connectivity index is 1.85. The van der Waals surface area contributed by atoms with Gasteiger partial charge in [-0.1, -0.05) is 35.4 Å². The van der Waals surface area contributed by atoms with Crippen molar-refractivity contribution in [3.8, 4) is 5.69 Å². The van der Waals surface area contributed by atoms with Gasteiger partial charge < -0.3 is 0 Å². The first kappa shape index (κ1) is 16.1. The molecule has 3 rings (SSSR count). The molecule has 24 heavy (non-hydrogen) atoms. The van der Waals surface area contributed by atoms with E-state index in [0.717, 1.165) is 22.6 Å². The van der Waals surface area contributed by atoms with Gasteiger partial charge in [-0.3, -0.25) is 15.3 Å². The van der Waals surface area contributed by atoms with Crippen LogP contribution in [0.25, 0.3) is 5.69 Å². The number of H-pyrrole nitrogens is 1. The third-order valence-corrected chi connectivity index (χ3v) is 3.86. The van der Waals surface area contributed by atoms with Crippen LogP contribution < -0.4 is 11.0 Å². The zero-order valence-corrected chi connectivity index (χ0v) is 14.1. The van der Waals surface area contributed by atoms with Crippen molar-refractivity contribution in [1.29, 1.82) is 0 Å². The van der Waals surface area contributed by atoms with Crippen molar-refractivity contribution in [2.45, 2.75) is 13.8 Å². The van der Waals surface area contributed by atoms with Gasteiger partial charge in [-0.15, -0.1) is 0 Å². The molecule has 6 heteroatoms. The number of nitrogens with one attached hydrogen (secondary N) is 2. The maximum Gasteiger partial charge on any atom is 0.280 e. The molecule has 1 heterocycles. The fourth-order valence-corrected chi connectivity index (χ4v) is 2.51. The second kappa shape index (κ2) is 6.76. The van der Waals surface area contributed by atoms with E-state index in [9.17, 15) is 4.79 Å². The number of aromatic nitrogens is 2. The molecule has 0 fully saturated rings. The molecule has 0 aliphatic rings. The molecule has 3 aromatic rings. The average Bonchev–Trinajstić information content (AvgIpc) is 2.84. The van der Waals surface area contributed by atoms with Crippen LogP contribution in [0.1, 0.15) is 16.8 Å². The summed E-state index contributed by atoms with van der Waals surface area (Å²) in [6, 6.07) is 14.9. The summed E-state index contributed by atoms with van der Waals surface area (Å²) in [7, 11) is 0. The number of rotatable bonds is 4. The third kappa shape index (κ3) is 3.41. The van der Waals surface area contributed by atoms with Crippen LogP contribution in [-0.4, -0.2) is 16.0 Å². The Kier molecular flexibility index (Phi) is 4.53. The SMILES string of the molecule is Cc1ccc(-n2[nH]c(C)c(/C=N\Nc3cccc(Cl)c3)c2=O)cc1. The molecule has 0 aliphatic heterocycles. The fraction of sp³-hybridized carbons (Fsp3) is 0.111. The highest BCUT2D eigenvalue weighted by Gasteiger charge is 2.10. The van der Waals surface area contributed by atoms with E-state index < -0.39 is 0 Å². The van der Waals surface area contributed by atoms with Crippen LogP contribution in [0, 0.1) is 13.8 Å². The molecule has 0 atom stereocenters. The summed E-state index contributed by atoms with van der Waals surface area (Å²) in [5.41, 5.74) is 6.66. The summed E-state index contributed by atoms with van der Waals surface area (Å²) in [4.78, 5) is 12.6. The Morgan fingerprint density at radius 1 is 1.17 bits per heavy atom. The van der Waals surface area contributed by atoms with E-state index in [1.54, 1.807) is 12.1 Å². The molecule has 0 aliphatic carbocycles. The quantitative estimate of drug-likeness (QED) is 0.559. The molecule has 0 spiro atoms. The summed E-state index contributed by atoms with van der Waals surface area (Å²) in [5, 5.41) is 7.82. The highest BCUT2D eigenvalue weighted by molar-refractivity contribution is 6.30. The fourth-order valence-electron chi connectivity index (χ4n) is 2.32. The molecule has 1 aromatic heterocycles. The molecule has 0 saturated carbocycles. The van der Waals surface area contributed by atoms with Gasteiger partial charge >= 0.3 is 0 Å². The number of benzene rings is 2. The van der Waals surface area contributed by atoms with Crippen LogP contribution >= 0.6 is 11.6 Å². The number of aromatic amines is 1. The number of anilines is 1. The van der Waals surface area contributed by atoms with E-state index in [2.05, 4.69) is 15.6 Å². The first-order valence-electron chi connectivity index (χ1n) is 7.48. The lowest BCUT2D eigenvalue weighted by Gasteiger charge is -2.01. The number of halogens is 1. The van der Waals surface area contributed by atoms with Crippen LogP contribution in [-0.2, 0) is 0 Å². The topological polar surface area (TPSA) is 62.2 Å². The smallest absolute Gasteiger partial charge is 0.280 e. The molecular weight excluding hydrogens is 324 g/mol. The van der Waals surface area contributed by atoms with Crippen molar-refractivity contribution in [2.75, 3.05) is 5.43 Å². The van der Waals surface area contributed by atoms with Crippen molar-refractivity contribution < 1.29 is 0 Å². The largest absolute Gasteiger partial charge is 0.295 e. The summed E-state index contributed by atoms with van der Waals surface area (Å²) in [6.07, 6.45) is 1.51. The molecule has 2 N–H and O–H groups in total. The lowest BCUT2D eigenvalue weighted by Crippen LogP contribution is -2.17. The van der Waals surface area contributed by atoms with Crippen LogP contribution in [0.2, 0.25) is 5.02 Å². The Morgan fingerprint density at radius 2 is 1.92 bits per heavy atom. The van der Waals surface area contributed by atoms with Gasteiger partial charge in [-0.25, -0.2) is 4.68 Å². The average molecular weight is 341 g/mol. The minimum atomic E-state index is -0.145. The molecule has 0 radical (unpaired) electrons. The van der Waals surface area contributed by atoms with E-state index in [0.29, 0.717) is 10.6 Å². The first-order valence-corrected chi connectivity index (χ1v) is 7.86. The van der Waals surface area contributed by atoms with Crippen molar-refractivity contribution >= 4 is 23.5 Å². The van der Waals surface area contributed by atoms with Crippen molar-refractivity contribution in [2.24, 2.45) is 5.10 Å². The summed E-state index contributed by atoms with van der Waals surface area (Å²) >= 11 is 5.92. The van der Waals surface area contributed by atoms with Crippen molar-refractivity contribution in [1.82, 2.24) is 9.78 Å². The van der Waals surface area contributed by atoms with Gasteiger partial charge in [-0.2, -0.15) is 5.10 Å². The Hall–Kier alpha value is -2.79. The molecule has 5 nitrogen and oxygen atoms in total. The standard InChI is InChI=1S/C18H17ClN4O/c1-12-6-8-16(9-7-12)23-18(24)17(13(2)22-23)11-20-21-15-5-3-4-14(19)10-15/h3-11,21-22H,1-2H3/b20-11-. The summed E-state index contributed by atoms with van der Waals surface area (Å²) in [5.74, 6) is 0. The van der Waals surface area contributed by atoms with E-state index in [-0.39, 0.29) is 5.56 Å². The van der Waals surface area contributed by atoms with E-state index in [1.807, 2.05) is 50.2 Å². The highest BCUT2D eigenvalue weighted by Crippen LogP contribution is 2.14. The van der Waals surface area contributed by atoms with E-state index in [4.69, 9.17) is 11.6 Å². The van der Waals surface area contributed by atoms with Crippen LogP contribution in [0.5, 0.6) is 0 Å². The molecular formula is C18H17ClN4O. The molecule has 0 amide bonds. The second-order valence-electron chi connectivity index (χ2n) is 5.51. The molecule has 0 unspecified atom stereocenters. The Morgan fingerprint density at radius 3 is 2.62 bits per heavy atom. The number of hydrogen-bond acceptors (Lipinski definition) is 3. The third-order valence-electron chi connectivity index (χ3n) is 3.62. The predicted octanol–water partition coefficient (Wildman–Crippen LogP) is 3.88. The lowest BCUT2D eigenvalue weighted by atomic mass is 10.2. The summed E-state index contributed by atoms with van der Waals surface area (Å²) < 4.78 is 1.51. The maximum atomic E-state index is 12.6. The zero-order valence-electron chi connectivity index (χ0n) is 13.4. The van der Waals surface area contributed by atoms with E-state index in [1.165, 1.54) is 10.9 Å². The van der Waals surface area contributed by atoms with Gasteiger partial charge in [0.15, 0.2) is 0 Å². The van der Waals surface area contributed by atoms with Crippen molar-refractivity contribution in [3.05, 3.63) is 80.7 Å². The maximum absolute atomic E-state index is 12.6. The van der Waals surface area contributed by atoms with Crippen LogP contribution in [0.3, 0.4) is 0 Å². The normalized spacial score (nSPS) is 11.1. The van der Waals surface area contributed by atoms with Gasteiger partial charge in [0.05, 0.1) is 23.2 Å². The summed E-state index contributed by atoms with van der Waals surface area (Å²) in [6.45, 7) is 3.85. The van der Waals surface area contributed by atoms with Crippen molar-refractivity contribution in [3.63, 3.8) is 0 Å². The number of nitrogens with zero attached hydrogens (tertiary/aromatic N) is 2. The minimum Gasteiger partial charge on any atom is -0.295 e. The van der Waals surface area contributed by atoms with E-state index >= 15 is 0 Å². The van der Waals surface area contributed by atoms with Crippen LogP contribution in [0.15, 0.2) is 58.4 Å². The highest BCUT2D eigenvalue weighted by atomic mass is 35.5. The van der Waals surface area contributed by atoms with Gasteiger partial charge in [0.2, 0.25) is 0 Å². The minimum absolute atomic E-state index is 0.145. The van der Waals surface area contributed by atoms with Gasteiger partial charge in [-0.05, 0) is 44.2 Å². The molecule has 0 bridgehead atoms. The second-order valence-corrected chi connectivity index (χ2v) is 5.94. The van der Waals surface area contributed by atoms with Gasteiger partial charge in [0.25, 0.3) is 5.56 Å². The monoisotopic (exact) mass is 340 g/mol. The lowest BCUT2D eigenvalue weighted by molar-refractivity contribution is 0.835. The molecule has 2 aromatic carbocycles. The van der Waals surface area contributed by atoms with Crippen LogP contribution in [0.4, 0.5) is 5.69 Å². The molecule has 122 valence electrons. The molecule has 0 saturated heterocycles. The zero-order chi connectivity index (χ0) is 17.1. The first-order chi connectivity index (χ1) is 11.5. The van der Waals surface area contributed by atoms with Gasteiger partial charge in [0.1, 0.15) is 0 Å². The number of hydrazone groups is 1. The Labute approximate surface area is 144 Å². The predicted molar refractivity (Wildman–Crippen MR) is 98.5 cm³/mol. The number of hydrogen-bond donors (Lipinski definition) is 2. The Bertz CT molecular complexity index is 938. The number of aryl methyl sites for hydroxylation is 2.